The summed E-state index contributed by atoms with van der Waals surface area (Å²) >= 11 is 0. The van der Waals surface area contributed by atoms with Gasteiger partial charge in [0.15, 0.2) is 0 Å². The van der Waals surface area contributed by atoms with Gasteiger partial charge in [-0.25, -0.2) is 0 Å². The summed E-state index contributed by atoms with van der Waals surface area (Å²) in [5, 5.41) is 11.8. The Balaban J connectivity index is 2.01. The van der Waals surface area contributed by atoms with Crippen molar-refractivity contribution >= 4 is 5.97 Å². The van der Waals surface area contributed by atoms with E-state index in [4.69, 9.17) is 9.84 Å². The summed E-state index contributed by atoms with van der Waals surface area (Å²) in [4.78, 5) is 10.7. The fraction of sp³-hybridized carbons (Fsp3) is 0.417. The maximum atomic E-state index is 10.7. The molecule has 1 heterocycles. The van der Waals surface area contributed by atoms with E-state index in [1.807, 2.05) is 25.1 Å². The molecule has 2 N–H and O–H groups in total. The lowest BCUT2D eigenvalue weighted by Gasteiger charge is -2.28. The van der Waals surface area contributed by atoms with E-state index in [0.717, 1.165) is 5.56 Å². The Bertz CT molecular complexity index is 384. The fourth-order valence-corrected chi connectivity index (χ4v) is 1.82. The minimum Gasteiger partial charge on any atom is -0.480 e. The molecule has 0 saturated carbocycles. The van der Waals surface area contributed by atoms with Crippen LogP contribution in [0, 0.1) is 6.92 Å². The lowest BCUT2D eigenvalue weighted by Crippen LogP contribution is -2.47. The molecule has 1 aromatic carbocycles. The van der Waals surface area contributed by atoms with E-state index in [1.54, 1.807) is 0 Å². The zero-order valence-corrected chi connectivity index (χ0v) is 9.14. The Kier molecular flexibility index (Phi) is 3.22. The Morgan fingerprint density at radius 2 is 2.38 bits per heavy atom. The van der Waals surface area contributed by atoms with Gasteiger partial charge in [0.1, 0.15) is 6.04 Å². The third kappa shape index (κ3) is 2.40. The third-order valence-corrected chi connectivity index (χ3v) is 2.73. The molecule has 1 aliphatic heterocycles. The quantitative estimate of drug-likeness (QED) is 0.785. The molecule has 0 spiro atoms. The number of carbonyl (C=O) groups is 1. The van der Waals surface area contributed by atoms with Gasteiger partial charge in [-0.1, -0.05) is 29.8 Å². The molecule has 4 heteroatoms. The first kappa shape index (κ1) is 11.1. The molecular formula is C12H15NO3. The van der Waals surface area contributed by atoms with Crippen molar-refractivity contribution < 1.29 is 14.6 Å². The van der Waals surface area contributed by atoms with Crippen LogP contribution in [0.2, 0.25) is 0 Å². The molecule has 2 atom stereocenters. The summed E-state index contributed by atoms with van der Waals surface area (Å²) < 4.78 is 5.55. The molecule has 1 aliphatic rings. The normalized spacial score (nSPS) is 25.3. The van der Waals surface area contributed by atoms with E-state index >= 15 is 0 Å². The molecule has 1 saturated heterocycles. The van der Waals surface area contributed by atoms with E-state index in [2.05, 4.69) is 11.4 Å². The van der Waals surface area contributed by atoms with E-state index in [-0.39, 0.29) is 12.7 Å². The van der Waals surface area contributed by atoms with Crippen LogP contribution in [0.3, 0.4) is 0 Å². The van der Waals surface area contributed by atoms with Crippen molar-refractivity contribution in [2.75, 3.05) is 13.2 Å². The first-order valence-electron chi connectivity index (χ1n) is 5.31. The van der Waals surface area contributed by atoms with Crippen LogP contribution < -0.4 is 5.32 Å². The zero-order valence-electron chi connectivity index (χ0n) is 9.14. The highest BCUT2D eigenvalue weighted by atomic mass is 16.5. The Hall–Kier alpha value is -1.39. The van der Waals surface area contributed by atoms with Gasteiger partial charge in [0.05, 0.1) is 12.7 Å². The molecular weight excluding hydrogens is 206 g/mol. The van der Waals surface area contributed by atoms with Crippen molar-refractivity contribution in [3.05, 3.63) is 35.4 Å². The van der Waals surface area contributed by atoms with Gasteiger partial charge in [-0.05, 0) is 12.5 Å². The second-order valence-corrected chi connectivity index (χ2v) is 4.04. The van der Waals surface area contributed by atoms with Crippen LogP contribution in [0.4, 0.5) is 0 Å². The van der Waals surface area contributed by atoms with Crippen LogP contribution >= 0.6 is 0 Å². The summed E-state index contributed by atoms with van der Waals surface area (Å²) in [6.07, 6.45) is -0.0458. The van der Waals surface area contributed by atoms with E-state index in [1.165, 1.54) is 5.56 Å². The molecule has 0 bridgehead atoms. The smallest absolute Gasteiger partial charge is 0.323 e. The largest absolute Gasteiger partial charge is 0.480 e. The van der Waals surface area contributed by atoms with Crippen molar-refractivity contribution in [2.45, 2.75) is 19.1 Å². The minimum atomic E-state index is -0.859. The number of rotatable bonds is 2. The van der Waals surface area contributed by atoms with Crippen LogP contribution in [0.5, 0.6) is 0 Å². The zero-order chi connectivity index (χ0) is 11.5. The molecule has 0 aliphatic carbocycles. The molecule has 0 radical (unpaired) electrons. The number of aryl methyl sites for hydroxylation is 1. The third-order valence-electron chi connectivity index (χ3n) is 2.73. The Morgan fingerprint density at radius 1 is 1.56 bits per heavy atom. The summed E-state index contributed by atoms with van der Waals surface area (Å²) in [7, 11) is 0. The van der Waals surface area contributed by atoms with E-state index in [9.17, 15) is 4.79 Å². The van der Waals surface area contributed by atoms with Crippen LogP contribution in [0.15, 0.2) is 24.3 Å². The standard InChI is InChI=1S/C12H15NO3/c1-8-3-2-4-9(5-8)11-6-13-10(7-16-11)12(14)15/h2-5,10-11,13H,6-7H2,1H3,(H,14,15). The summed E-state index contributed by atoms with van der Waals surface area (Å²) in [6.45, 7) is 2.79. The molecule has 1 fully saturated rings. The number of carboxylic acid groups (broad SMARTS) is 1. The molecule has 2 unspecified atom stereocenters. The number of hydrogen-bond donors (Lipinski definition) is 2. The van der Waals surface area contributed by atoms with Gasteiger partial charge in [0.25, 0.3) is 0 Å². The molecule has 1 aromatic rings. The lowest BCUT2D eigenvalue weighted by atomic mass is 10.0. The number of aliphatic carboxylic acids is 1. The lowest BCUT2D eigenvalue weighted by molar-refractivity contribution is -0.144. The van der Waals surface area contributed by atoms with Gasteiger partial charge in [-0.15, -0.1) is 0 Å². The molecule has 0 aromatic heterocycles. The summed E-state index contributed by atoms with van der Waals surface area (Å²) in [6, 6.07) is 7.49. The van der Waals surface area contributed by atoms with Crippen molar-refractivity contribution in [1.29, 1.82) is 0 Å². The average Bonchev–Trinajstić information content (AvgIpc) is 2.29. The predicted octanol–water partition coefficient (Wildman–Crippen LogP) is 1.11. The van der Waals surface area contributed by atoms with Crippen molar-refractivity contribution in [3.63, 3.8) is 0 Å². The van der Waals surface area contributed by atoms with Gasteiger partial charge in [-0.2, -0.15) is 0 Å². The van der Waals surface area contributed by atoms with Crippen LogP contribution in [-0.2, 0) is 9.53 Å². The Morgan fingerprint density at radius 3 is 2.94 bits per heavy atom. The van der Waals surface area contributed by atoms with Crippen LogP contribution in [-0.4, -0.2) is 30.3 Å². The molecule has 0 amide bonds. The average molecular weight is 221 g/mol. The van der Waals surface area contributed by atoms with Crippen molar-refractivity contribution in [2.24, 2.45) is 0 Å². The number of nitrogens with one attached hydrogen (secondary N) is 1. The SMILES string of the molecule is Cc1cccc(C2CNC(C(=O)O)CO2)c1. The Labute approximate surface area is 94.2 Å². The molecule has 16 heavy (non-hydrogen) atoms. The van der Waals surface area contributed by atoms with E-state index < -0.39 is 12.0 Å². The second kappa shape index (κ2) is 4.63. The first-order valence-corrected chi connectivity index (χ1v) is 5.31. The number of morpholine rings is 1. The van der Waals surface area contributed by atoms with Gasteiger partial charge < -0.3 is 9.84 Å². The van der Waals surface area contributed by atoms with Gasteiger partial charge in [-0.3, -0.25) is 10.1 Å². The van der Waals surface area contributed by atoms with Crippen molar-refractivity contribution in [1.82, 2.24) is 5.32 Å². The monoisotopic (exact) mass is 221 g/mol. The van der Waals surface area contributed by atoms with Crippen LogP contribution in [0.25, 0.3) is 0 Å². The predicted molar refractivity (Wildman–Crippen MR) is 59.3 cm³/mol. The number of carboxylic acids is 1. The number of ether oxygens (including phenoxy) is 1. The molecule has 4 nitrogen and oxygen atoms in total. The number of hydrogen-bond acceptors (Lipinski definition) is 3. The number of benzene rings is 1. The van der Waals surface area contributed by atoms with Gasteiger partial charge in [0, 0.05) is 6.54 Å². The van der Waals surface area contributed by atoms with Gasteiger partial charge in [0.2, 0.25) is 0 Å². The highest BCUT2D eigenvalue weighted by molar-refractivity contribution is 5.73. The van der Waals surface area contributed by atoms with E-state index in [0.29, 0.717) is 6.54 Å². The second-order valence-electron chi connectivity index (χ2n) is 4.04. The van der Waals surface area contributed by atoms with Crippen LogP contribution in [0.1, 0.15) is 17.2 Å². The van der Waals surface area contributed by atoms with Gasteiger partial charge >= 0.3 is 5.97 Å². The maximum absolute atomic E-state index is 10.7. The summed E-state index contributed by atoms with van der Waals surface area (Å²) in [5.74, 6) is -0.859. The summed E-state index contributed by atoms with van der Waals surface area (Å²) in [5.41, 5.74) is 2.28. The van der Waals surface area contributed by atoms with Crippen molar-refractivity contribution in [3.8, 4) is 0 Å². The highest BCUT2D eigenvalue weighted by Gasteiger charge is 2.26. The molecule has 2 rings (SSSR count). The first-order chi connectivity index (χ1) is 7.66. The maximum Gasteiger partial charge on any atom is 0.323 e. The molecule has 86 valence electrons. The minimum absolute atomic E-state index is 0.0458. The topological polar surface area (TPSA) is 58.6 Å². The fourth-order valence-electron chi connectivity index (χ4n) is 1.82. The highest BCUT2D eigenvalue weighted by Crippen LogP contribution is 2.20.